The first kappa shape index (κ1) is 87.9. The van der Waals surface area contributed by atoms with Crippen molar-refractivity contribution in [3.05, 3.63) is 146 Å². The quantitative estimate of drug-likeness (QED) is 0.0211. The molecule has 0 aromatic carbocycles. The standard InChI is InChI=1S/C82H140NO8P/c1-6-8-10-12-14-16-18-20-22-24-26-28-30-32-34-36-37-38-39-40-41-42-43-44-45-47-48-50-52-54-56-58-60-62-64-66-68-70-72-74-81(84)88-78-80(79-90-92(86,87)89-77-76-83(3,4)5)91-82(85)75-73-71-69-67-65-63-61-59-57-55-53-51-49-46-35-33-31-29-27-25-23-21-19-17-15-13-11-9-7-2/h8-11,14-17,20-23,26-29,32-35,49,51,55,57,80H,6-7,12-13,18-19,24-25,30-31,36-48,50,52-54,56,58-79H2,1-5H3/p+1/b10-8-,11-9-,16-14-,17-15-,22-20-,23-21-,28-26-,29-27-,34-32-,35-33-,51-49-,57-55-. The molecule has 2 unspecified atom stereocenters. The Bertz CT molecular complexity index is 2070. The Morgan fingerprint density at radius 2 is 0.587 bits per heavy atom. The number of phosphoric acid groups is 1. The van der Waals surface area contributed by atoms with Crippen LogP contribution in [0, 0.1) is 0 Å². The van der Waals surface area contributed by atoms with E-state index in [0.717, 1.165) is 122 Å². The number of hydrogen-bond acceptors (Lipinski definition) is 7. The van der Waals surface area contributed by atoms with E-state index in [2.05, 4.69) is 160 Å². The van der Waals surface area contributed by atoms with Crippen LogP contribution in [0.2, 0.25) is 0 Å². The third-order valence-corrected chi connectivity index (χ3v) is 16.8. The predicted molar refractivity (Wildman–Crippen MR) is 399 cm³/mol. The zero-order valence-electron chi connectivity index (χ0n) is 60.0. The van der Waals surface area contributed by atoms with Crippen molar-refractivity contribution in [3.8, 4) is 0 Å². The van der Waals surface area contributed by atoms with Crippen LogP contribution in [0.3, 0.4) is 0 Å². The smallest absolute Gasteiger partial charge is 0.462 e. The maximum Gasteiger partial charge on any atom is 0.472 e. The average Bonchev–Trinajstić information content (AvgIpc) is 2.14. The third kappa shape index (κ3) is 74.9. The fraction of sp³-hybridized carbons (Fsp3) is 0.683. The monoisotopic (exact) mass is 1300 g/mol. The number of carbonyl (C=O) groups is 2. The molecule has 0 fully saturated rings. The first-order chi connectivity index (χ1) is 45.0. The molecule has 0 saturated carbocycles. The molecule has 92 heavy (non-hydrogen) atoms. The van der Waals surface area contributed by atoms with Crippen molar-refractivity contribution in [1.82, 2.24) is 0 Å². The second kappa shape index (κ2) is 71.2. The summed E-state index contributed by atoms with van der Waals surface area (Å²) in [6.45, 7) is 4.21. The van der Waals surface area contributed by atoms with E-state index in [1.165, 1.54) is 154 Å². The zero-order valence-corrected chi connectivity index (χ0v) is 60.9. The van der Waals surface area contributed by atoms with Crippen molar-refractivity contribution in [3.63, 3.8) is 0 Å². The van der Waals surface area contributed by atoms with Gasteiger partial charge < -0.3 is 18.9 Å². The SMILES string of the molecule is CC/C=C\C/C=C\C/C=C\C/C=C\C/C=C\C/C=C\C/C=C\CCCCCCCCCC(=O)OC(COC(=O)CCCCCCCCCCCCCCCCCCCCCCCCC/C=C\C/C=C\C/C=C\C/C=C\C/C=C\CC)COP(=O)(O)OCC[N+](C)(C)C. The van der Waals surface area contributed by atoms with Crippen molar-refractivity contribution in [2.24, 2.45) is 0 Å². The number of likely N-dealkylation sites (N-methyl/N-ethyl adjacent to an activating group) is 1. The van der Waals surface area contributed by atoms with E-state index in [1.807, 2.05) is 21.1 Å². The molecule has 0 radical (unpaired) electrons. The van der Waals surface area contributed by atoms with Gasteiger partial charge in [-0.3, -0.25) is 18.6 Å². The number of allylic oxidation sites excluding steroid dienone is 24. The first-order valence-electron chi connectivity index (χ1n) is 37.6. The normalized spacial score (nSPS) is 13.9. The summed E-state index contributed by atoms with van der Waals surface area (Å²) in [6, 6.07) is 0. The second-order valence-electron chi connectivity index (χ2n) is 25.9. The van der Waals surface area contributed by atoms with Gasteiger partial charge in [0.05, 0.1) is 27.7 Å². The van der Waals surface area contributed by atoms with Gasteiger partial charge in [0.2, 0.25) is 0 Å². The molecule has 0 saturated heterocycles. The Kier molecular flexibility index (Phi) is 68.0. The summed E-state index contributed by atoms with van der Waals surface area (Å²) >= 11 is 0. The average molecular weight is 1300 g/mol. The summed E-state index contributed by atoms with van der Waals surface area (Å²) < 4.78 is 34.8. The van der Waals surface area contributed by atoms with Crippen LogP contribution in [0.25, 0.3) is 0 Å². The summed E-state index contributed by atoms with van der Waals surface area (Å²) in [5.41, 5.74) is 0. The van der Waals surface area contributed by atoms with Gasteiger partial charge in [-0.1, -0.05) is 327 Å². The zero-order chi connectivity index (χ0) is 66.9. The fourth-order valence-electron chi connectivity index (χ4n) is 10.2. The highest BCUT2D eigenvalue weighted by molar-refractivity contribution is 7.47. The third-order valence-electron chi connectivity index (χ3n) is 15.9. The van der Waals surface area contributed by atoms with E-state index in [4.69, 9.17) is 18.5 Å². The van der Waals surface area contributed by atoms with Gasteiger partial charge >= 0.3 is 19.8 Å². The Morgan fingerprint density at radius 3 is 0.870 bits per heavy atom. The molecule has 0 rings (SSSR count). The molecule has 0 aliphatic rings. The van der Waals surface area contributed by atoms with Gasteiger partial charge in [0, 0.05) is 12.8 Å². The lowest BCUT2D eigenvalue weighted by molar-refractivity contribution is -0.870. The Hall–Kier alpha value is -4.11. The number of phosphoric ester groups is 1. The molecule has 2 atom stereocenters. The van der Waals surface area contributed by atoms with Gasteiger partial charge in [0.1, 0.15) is 19.8 Å². The molecule has 0 heterocycles. The van der Waals surface area contributed by atoms with Gasteiger partial charge in [-0.05, 0) is 116 Å². The summed E-state index contributed by atoms with van der Waals surface area (Å²) in [4.78, 5) is 35.9. The highest BCUT2D eigenvalue weighted by Crippen LogP contribution is 2.43. The second-order valence-corrected chi connectivity index (χ2v) is 27.4. The summed E-state index contributed by atoms with van der Waals surface area (Å²) in [5.74, 6) is -0.807. The highest BCUT2D eigenvalue weighted by Gasteiger charge is 2.27. The lowest BCUT2D eigenvalue weighted by Gasteiger charge is -2.24. The minimum absolute atomic E-state index is 0.0241. The van der Waals surface area contributed by atoms with Gasteiger partial charge in [-0.2, -0.15) is 0 Å². The molecule has 9 nitrogen and oxygen atoms in total. The molecule has 10 heteroatoms. The minimum atomic E-state index is -4.41. The Balaban J connectivity index is 4.01. The van der Waals surface area contributed by atoms with Gasteiger partial charge in [0.25, 0.3) is 0 Å². The van der Waals surface area contributed by atoms with Crippen LogP contribution in [0.1, 0.15) is 309 Å². The van der Waals surface area contributed by atoms with E-state index in [9.17, 15) is 19.0 Å². The summed E-state index contributed by atoms with van der Waals surface area (Å²) in [7, 11) is 1.46. The molecule has 526 valence electrons. The molecule has 0 aromatic heterocycles. The van der Waals surface area contributed by atoms with Crippen LogP contribution in [0.5, 0.6) is 0 Å². The van der Waals surface area contributed by atoms with Crippen molar-refractivity contribution in [2.75, 3.05) is 47.5 Å². The van der Waals surface area contributed by atoms with Crippen LogP contribution in [0.4, 0.5) is 0 Å². The molecule has 0 spiro atoms. The molecule has 0 aliphatic carbocycles. The molecular weight excluding hydrogens is 1160 g/mol. The number of carbonyl (C=O) groups excluding carboxylic acids is 2. The largest absolute Gasteiger partial charge is 0.472 e. The number of ether oxygens (including phenoxy) is 2. The first-order valence-corrected chi connectivity index (χ1v) is 39.1. The Morgan fingerprint density at radius 1 is 0.337 bits per heavy atom. The molecule has 0 aliphatic heterocycles. The Labute approximate surface area is 567 Å². The number of unbranched alkanes of at least 4 members (excludes halogenated alkanes) is 30. The van der Waals surface area contributed by atoms with Crippen LogP contribution in [-0.4, -0.2) is 74.9 Å². The fourth-order valence-corrected chi connectivity index (χ4v) is 10.9. The van der Waals surface area contributed by atoms with E-state index < -0.39 is 26.5 Å². The van der Waals surface area contributed by atoms with Crippen molar-refractivity contribution >= 4 is 19.8 Å². The topological polar surface area (TPSA) is 108 Å². The van der Waals surface area contributed by atoms with Crippen LogP contribution in [0.15, 0.2) is 146 Å². The van der Waals surface area contributed by atoms with E-state index in [-0.39, 0.29) is 32.0 Å². The molecular formula is C82H141NO8P+. The van der Waals surface area contributed by atoms with Gasteiger partial charge in [-0.15, -0.1) is 0 Å². The maximum atomic E-state index is 12.9. The minimum Gasteiger partial charge on any atom is -0.462 e. The summed E-state index contributed by atoms with van der Waals surface area (Å²) in [6.07, 6.45) is 105. The molecule has 0 amide bonds. The number of nitrogens with zero attached hydrogens (tertiary/aromatic N) is 1. The predicted octanol–water partition coefficient (Wildman–Crippen LogP) is 24.9. The number of quaternary nitrogens is 1. The van der Waals surface area contributed by atoms with Crippen molar-refractivity contribution < 1.29 is 42.1 Å². The highest BCUT2D eigenvalue weighted by atomic mass is 31.2. The lowest BCUT2D eigenvalue weighted by Crippen LogP contribution is -2.37. The van der Waals surface area contributed by atoms with E-state index in [1.54, 1.807) is 0 Å². The van der Waals surface area contributed by atoms with Crippen molar-refractivity contribution in [2.45, 2.75) is 315 Å². The van der Waals surface area contributed by atoms with E-state index >= 15 is 0 Å². The van der Waals surface area contributed by atoms with Crippen molar-refractivity contribution in [1.29, 1.82) is 0 Å². The van der Waals surface area contributed by atoms with Gasteiger partial charge in [-0.25, -0.2) is 4.57 Å². The lowest BCUT2D eigenvalue weighted by atomic mass is 10.0. The van der Waals surface area contributed by atoms with Crippen LogP contribution in [-0.2, 0) is 32.7 Å². The van der Waals surface area contributed by atoms with E-state index in [0.29, 0.717) is 17.4 Å². The number of rotatable bonds is 68. The summed E-state index contributed by atoms with van der Waals surface area (Å²) in [5, 5.41) is 0. The molecule has 0 bridgehead atoms. The van der Waals surface area contributed by atoms with Crippen LogP contribution < -0.4 is 0 Å². The number of hydrogen-bond donors (Lipinski definition) is 1. The molecule has 1 N–H and O–H groups in total. The maximum absolute atomic E-state index is 12.9. The van der Waals surface area contributed by atoms with Gasteiger partial charge in [0.15, 0.2) is 6.10 Å². The van der Waals surface area contributed by atoms with Crippen LogP contribution >= 0.6 is 7.82 Å². The molecule has 0 aromatic rings. The number of esters is 2.